The van der Waals surface area contributed by atoms with Crippen molar-refractivity contribution >= 4 is 11.9 Å². The highest BCUT2D eigenvalue weighted by Crippen LogP contribution is 2.29. The Morgan fingerprint density at radius 2 is 2.15 bits per heavy atom. The van der Waals surface area contributed by atoms with Gasteiger partial charge < -0.3 is 15.2 Å². The molecule has 2 atom stereocenters. The fourth-order valence-electron chi connectivity index (χ4n) is 2.10. The summed E-state index contributed by atoms with van der Waals surface area (Å²) in [5.74, 6) is -1.34. The van der Waals surface area contributed by atoms with Gasteiger partial charge in [0, 0.05) is 0 Å². The lowest BCUT2D eigenvalue weighted by atomic mass is 9.85. The molecule has 7 heteroatoms. The summed E-state index contributed by atoms with van der Waals surface area (Å²) in [5.41, 5.74) is 0.421. The molecular formula is C13H17N3O4. The number of nitrogens with one attached hydrogen (secondary N) is 1. The number of carboxylic acids is 1. The second kappa shape index (κ2) is 5.16. The van der Waals surface area contributed by atoms with Crippen LogP contribution in [0.1, 0.15) is 28.7 Å². The van der Waals surface area contributed by atoms with Gasteiger partial charge in [-0.2, -0.15) is 10.2 Å². The average Bonchev–Trinajstić information content (AvgIpc) is 2.75. The first kappa shape index (κ1) is 14.4. The predicted octanol–water partition coefficient (Wildman–Crippen LogP) is 0.313. The highest BCUT2D eigenvalue weighted by atomic mass is 16.5. The number of carbonyl (C=O) groups is 2. The Morgan fingerprint density at radius 3 is 2.80 bits per heavy atom. The monoisotopic (exact) mass is 279 g/mol. The molecule has 1 aliphatic heterocycles. The number of aryl methyl sites for hydroxylation is 2. The topological polar surface area (TPSA) is 101 Å². The van der Waals surface area contributed by atoms with Crippen molar-refractivity contribution in [2.24, 2.45) is 5.41 Å². The van der Waals surface area contributed by atoms with Gasteiger partial charge >= 0.3 is 5.97 Å². The maximum absolute atomic E-state index is 12.3. The molecule has 0 saturated carbocycles. The Hall–Kier alpha value is -2.02. The van der Waals surface area contributed by atoms with Crippen molar-refractivity contribution in [1.29, 1.82) is 0 Å². The molecule has 1 saturated heterocycles. The summed E-state index contributed by atoms with van der Waals surface area (Å²) in [6, 6.07) is 1.06. The molecule has 1 aromatic rings. The van der Waals surface area contributed by atoms with Crippen LogP contribution < -0.4 is 5.32 Å². The second-order valence-electron chi connectivity index (χ2n) is 5.25. The van der Waals surface area contributed by atoms with E-state index in [1.807, 2.05) is 0 Å². The quantitative estimate of drug-likeness (QED) is 0.826. The van der Waals surface area contributed by atoms with E-state index in [-0.39, 0.29) is 19.1 Å². The van der Waals surface area contributed by atoms with Crippen molar-refractivity contribution in [1.82, 2.24) is 15.5 Å². The maximum atomic E-state index is 12.3. The third-order valence-corrected chi connectivity index (χ3v) is 3.59. The van der Waals surface area contributed by atoms with E-state index in [0.29, 0.717) is 17.0 Å². The van der Waals surface area contributed by atoms with Crippen LogP contribution in [0.15, 0.2) is 6.07 Å². The molecule has 2 rings (SSSR count). The van der Waals surface area contributed by atoms with E-state index < -0.39 is 17.4 Å². The number of aliphatic carboxylic acids is 1. The van der Waals surface area contributed by atoms with E-state index in [2.05, 4.69) is 15.5 Å². The molecule has 2 heterocycles. The number of rotatable bonds is 3. The van der Waals surface area contributed by atoms with Crippen LogP contribution in [-0.2, 0) is 9.53 Å². The number of amides is 1. The van der Waals surface area contributed by atoms with Crippen molar-refractivity contribution in [2.45, 2.75) is 26.8 Å². The smallest absolute Gasteiger partial charge is 0.313 e. The van der Waals surface area contributed by atoms with Crippen molar-refractivity contribution in [2.75, 3.05) is 13.2 Å². The number of aromatic nitrogens is 2. The third kappa shape index (κ3) is 2.49. The molecule has 1 aliphatic rings. The molecule has 108 valence electrons. The van der Waals surface area contributed by atoms with Crippen LogP contribution >= 0.6 is 0 Å². The summed E-state index contributed by atoms with van der Waals surface area (Å²) in [6.07, 6.45) is 0. The molecule has 0 aromatic carbocycles. The van der Waals surface area contributed by atoms with Crippen LogP contribution in [0, 0.1) is 19.3 Å². The molecule has 1 fully saturated rings. The molecule has 20 heavy (non-hydrogen) atoms. The predicted molar refractivity (Wildman–Crippen MR) is 69.3 cm³/mol. The van der Waals surface area contributed by atoms with Crippen LogP contribution in [0.3, 0.4) is 0 Å². The fraction of sp³-hybridized carbons (Fsp3) is 0.538. The molecule has 0 radical (unpaired) electrons. The highest BCUT2D eigenvalue weighted by Gasteiger charge is 2.47. The summed E-state index contributed by atoms with van der Waals surface area (Å²) in [5, 5.41) is 19.7. The molecule has 0 spiro atoms. The Morgan fingerprint density at radius 1 is 1.45 bits per heavy atom. The molecule has 7 nitrogen and oxygen atoms in total. The number of carbonyl (C=O) groups excluding carboxylic acids is 1. The van der Waals surface area contributed by atoms with Gasteiger partial charge in [0.2, 0.25) is 0 Å². The summed E-state index contributed by atoms with van der Waals surface area (Å²) in [7, 11) is 0. The van der Waals surface area contributed by atoms with Crippen LogP contribution in [0.5, 0.6) is 0 Å². The zero-order valence-corrected chi connectivity index (χ0v) is 11.6. The van der Waals surface area contributed by atoms with Crippen LogP contribution in [0.4, 0.5) is 0 Å². The van der Waals surface area contributed by atoms with Gasteiger partial charge in [-0.25, -0.2) is 0 Å². The maximum Gasteiger partial charge on any atom is 0.313 e. The van der Waals surface area contributed by atoms with E-state index >= 15 is 0 Å². The van der Waals surface area contributed by atoms with E-state index in [0.717, 1.165) is 0 Å². The molecule has 0 aliphatic carbocycles. The van der Waals surface area contributed by atoms with Gasteiger partial charge in [0.25, 0.3) is 5.91 Å². The average molecular weight is 279 g/mol. The Labute approximate surface area is 116 Å². The highest BCUT2D eigenvalue weighted by molar-refractivity contribution is 5.96. The number of hydrogen-bond acceptors (Lipinski definition) is 5. The third-order valence-electron chi connectivity index (χ3n) is 3.59. The zero-order valence-electron chi connectivity index (χ0n) is 11.6. The van der Waals surface area contributed by atoms with E-state index in [9.17, 15) is 14.7 Å². The minimum Gasteiger partial charge on any atom is -0.481 e. The Balaban J connectivity index is 2.19. The first-order valence-electron chi connectivity index (χ1n) is 6.27. The van der Waals surface area contributed by atoms with Crippen molar-refractivity contribution < 1.29 is 19.4 Å². The van der Waals surface area contributed by atoms with Gasteiger partial charge in [0.15, 0.2) is 0 Å². The van der Waals surface area contributed by atoms with Crippen LogP contribution in [0.2, 0.25) is 0 Å². The van der Waals surface area contributed by atoms with E-state index in [1.165, 1.54) is 0 Å². The summed E-state index contributed by atoms with van der Waals surface area (Å²) < 4.78 is 5.20. The Kier molecular flexibility index (Phi) is 3.71. The van der Waals surface area contributed by atoms with Crippen LogP contribution in [0.25, 0.3) is 0 Å². The lowest BCUT2D eigenvalue weighted by Crippen LogP contribution is -2.49. The molecule has 1 amide bonds. The number of nitrogens with zero attached hydrogens (tertiary/aromatic N) is 2. The van der Waals surface area contributed by atoms with Crippen LogP contribution in [-0.4, -0.2) is 46.4 Å². The van der Waals surface area contributed by atoms with Crippen molar-refractivity contribution in [3.63, 3.8) is 0 Å². The molecule has 2 N–H and O–H groups in total. The SMILES string of the molecule is Cc1cc(C(=O)NC2COCC2(C)C(=O)O)c(C)nn1. The second-order valence-corrected chi connectivity index (χ2v) is 5.25. The van der Waals surface area contributed by atoms with E-state index in [1.54, 1.807) is 26.8 Å². The molecule has 0 bridgehead atoms. The first-order valence-corrected chi connectivity index (χ1v) is 6.27. The summed E-state index contributed by atoms with van der Waals surface area (Å²) in [4.78, 5) is 23.6. The van der Waals surface area contributed by atoms with Gasteiger partial charge in [-0.05, 0) is 26.8 Å². The fourth-order valence-corrected chi connectivity index (χ4v) is 2.10. The minimum atomic E-state index is -1.11. The van der Waals surface area contributed by atoms with Crippen molar-refractivity contribution in [3.05, 3.63) is 23.0 Å². The van der Waals surface area contributed by atoms with Gasteiger partial charge in [-0.15, -0.1) is 0 Å². The number of hydrogen-bond donors (Lipinski definition) is 2. The van der Waals surface area contributed by atoms with Gasteiger partial charge in [0.1, 0.15) is 5.41 Å². The number of ether oxygens (including phenoxy) is 1. The summed E-state index contributed by atoms with van der Waals surface area (Å²) >= 11 is 0. The lowest BCUT2D eigenvalue weighted by Gasteiger charge is -2.25. The van der Waals surface area contributed by atoms with E-state index in [4.69, 9.17) is 4.74 Å². The normalized spacial score (nSPS) is 25.4. The molecule has 2 unspecified atom stereocenters. The van der Waals surface area contributed by atoms with Gasteiger partial charge in [-0.3, -0.25) is 9.59 Å². The Bertz CT molecular complexity index is 561. The standard InChI is InChI=1S/C13H17N3O4/c1-7-4-9(8(2)16-15-7)11(17)14-10-5-20-6-13(10,3)12(18)19/h4,10H,5-6H2,1-3H3,(H,14,17)(H,18,19). The number of carboxylic acid groups (broad SMARTS) is 1. The molecule has 1 aromatic heterocycles. The minimum absolute atomic E-state index is 0.0832. The first-order chi connectivity index (χ1) is 9.34. The van der Waals surface area contributed by atoms with Gasteiger partial charge in [0.05, 0.1) is 36.2 Å². The van der Waals surface area contributed by atoms with Crippen molar-refractivity contribution in [3.8, 4) is 0 Å². The zero-order chi connectivity index (χ0) is 14.9. The molecular weight excluding hydrogens is 262 g/mol. The largest absolute Gasteiger partial charge is 0.481 e. The lowest BCUT2D eigenvalue weighted by molar-refractivity contribution is -0.148. The van der Waals surface area contributed by atoms with Gasteiger partial charge in [-0.1, -0.05) is 0 Å². The summed E-state index contributed by atoms with van der Waals surface area (Å²) in [6.45, 7) is 5.26.